The van der Waals surface area contributed by atoms with Crippen molar-refractivity contribution in [2.24, 2.45) is 10.9 Å². The zero-order valence-corrected chi connectivity index (χ0v) is 15.7. The summed E-state index contributed by atoms with van der Waals surface area (Å²) in [6.07, 6.45) is 8.31. The van der Waals surface area contributed by atoms with Gasteiger partial charge in [0.05, 0.1) is 6.61 Å². The first-order valence-corrected chi connectivity index (χ1v) is 10.5. The Balaban J connectivity index is 1.58. The molecule has 2 aliphatic rings. The van der Waals surface area contributed by atoms with Crippen molar-refractivity contribution in [1.29, 1.82) is 0 Å². The van der Waals surface area contributed by atoms with Crippen molar-refractivity contribution in [2.45, 2.75) is 38.1 Å². The van der Waals surface area contributed by atoms with Gasteiger partial charge in [0.1, 0.15) is 0 Å². The summed E-state index contributed by atoms with van der Waals surface area (Å²) in [5.41, 5.74) is 0. The molecule has 0 radical (unpaired) electrons. The van der Waals surface area contributed by atoms with E-state index in [1.165, 1.54) is 57.5 Å². The summed E-state index contributed by atoms with van der Waals surface area (Å²) in [4.78, 5) is 6.97. The molecule has 0 saturated carbocycles. The standard InChI is InChI=1S/C17H34N4OS/c1-18-17(19-8-3-4-12-23-2)20-16-5-9-21(10-6-16)13-15-7-11-22-14-15/h15-16H,3-14H2,1-2H3,(H2,18,19,20). The first kappa shape index (κ1) is 18.9. The third-order valence-corrected chi connectivity index (χ3v) is 5.46. The molecule has 0 bridgehead atoms. The molecular formula is C17H34N4OS. The van der Waals surface area contributed by atoms with E-state index in [9.17, 15) is 0 Å². The molecule has 2 aliphatic heterocycles. The van der Waals surface area contributed by atoms with Gasteiger partial charge >= 0.3 is 0 Å². The first-order chi connectivity index (χ1) is 11.3. The molecule has 0 aromatic rings. The number of ether oxygens (including phenoxy) is 1. The fraction of sp³-hybridized carbons (Fsp3) is 0.941. The predicted octanol–water partition coefficient (Wildman–Crippen LogP) is 1.80. The number of nitrogens with zero attached hydrogens (tertiary/aromatic N) is 2. The lowest BCUT2D eigenvalue weighted by molar-refractivity contribution is 0.150. The number of guanidine groups is 1. The van der Waals surface area contributed by atoms with E-state index >= 15 is 0 Å². The molecule has 2 fully saturated rings. The molecule has 23 heavy (non-hydrogen) atoms. The van der Waals surface area contributed by atoms with Crippen molar-refractivity contribution in [3.63, 3.8) is 0 Å². The lowest BCUT2D eigenvalue weighted by Crippen LogP contribution is -2.49. The number of unbranched alkanes of at least 4 members (excludes halogenated alkanes) is 1. The zero-order valence-electron chi connectivity index (χ0n) is 14.9. The highest BCUT2D eigenvalue weighted by atomic mass is 32.2. The highest BCUT2D eigenvalue weighted by Gasteiger charge is 2.24. The van der Waals surface area contributed by atoms with E-state index in [1.807, 2.05) is 18.8 Å². The Labute approximate surface area is 146 Å². The number of hydrogen-bond donors (Lipinski definition) is 2. The average molecular weight is 343 g/mol. The molecule has 5 nitrogen and oxygen atoms in total. The monoisotopic (exact) mass is 342 g/mol. The van der Waals surface area contributed by atoms with Gasteiger partial charge in [-0.2, -0.15) is 11.8 Å². The van der Waals surface area contributed by atoms with Crippen molar-refractivity contribution in [3.8, 4) is 0 Å². The Morgan fingerprint density at radius 1 is 1.26 bits per heavy atom. The maximum Gasteiger partial charge on any atom is 0.191 e. The van der Waals surface area contributed by atoms with E-state index in [2.05, 4.69) is 26.8 Å². The number of thioether (sulfide) groups is 1. The van der Waals surface area contributed by atoms with Crippen molar-refractivity contribution >= 4 is 17.7 Å². The fourth-order valence-electron chi connectivity index (χ4n) is 3.32. The number of likely N-dealkylation sites (tertiary alicyclic amines) is 1. The van der Waals surface area contributed by atoms with Crippen LogP contribution >= 0.6 is 11.8 Å². The smallest absolute Gasteiger partial charge is 0.191 e. The molecule has 1 atom stereocenters. The van der Waals surface area contributed by atoms with Crippen LogP contribution in [0.5, 0.6) is 0 Å². The zero-order chi connectivity index (χ0) is 16.3. The van der Waals surface area contributed by atoms with Crippen molar-refractivity contribution in [1.82, 2.24) is 15.5 Å². The summed E-state index contributed by atoms with van der Waals surface area (Å²) in [6, 6.07) is 0.559. The van der Waals surface area contributed by atoms with Gasteiger partial charge in [-0.05, 0) is 50.0 Å². The molecule has 134 valence electrons. The van der Waals surface area contributed by atoms with Gasteiger partial charge in [0, 0.05) is 45.9 Å². The van der Waals surface area contributed by atoms with Gasteiger partial charge in [0.2, 0.25) is 0 Å². The van der Waals surface area contributed by atoms with Crippen LogP contribution in [0.3, 0.4) is 0 Å². The van der Waals surface area contributed by atoms with Crippen LogP contribution in [0.25, 0.3) is 0 Å². The van der Waals surface area contributed by atoms with E-state index in [0.717, 1.165) is 31.6 Å². The maximum absolute atomic E-state index is 5.48. The minimum atomic E-state index is 0.559. The Morgan fingerprint density at radius 3 is 2.74 bits per heavy atom. The number of hydrogen-bond acceptors (Lipinski definition) is 4. The second-order valence-corrected chi connectivity index (χ2v) is 7.63. The quantitative estimate of drug-likeness (QED) is 0.400. The number of rotatable bonds is 8. The normalized spacial score (nSPS) is 24.1. The van der Waals surface area contributed by atoms with Crippen molar-refractivity contribution in [2.75, 3.05) is 58.4 Å². The van der Waals surface area contributed by atoms with Crippen LogP contribution in [0.15, 0.2) is 4.99 Å². The lowest BCUT2D eigenvalue weighted by atomic mass is 10.0. The van der Waals surface area contributed by atoms with Gasteiger partial charge in [-0.1, -0.05) is 0 Å². The second kappa shape index (κ2) is 11.2. The lowest BCUT2D eigenvalue weighted by Gasteiger charge is -2.34. The Kier molecular flexibility index (Phi) is 9.15. The Morgan fingerprint density at radius 2 is 2.09 bits per heavy atom. The van der Waals surface area contributed by atoms with Crippen LogP contribution in [0.4, 0.5) is 0 Å². The van der Waals surface area contributed by atoms with Crippen LogP contribution in [0.1, 0.15) is 32.1 Å². The maximum atomic E-state index is 5.48. The van der Waals surface area contributed by atoms with Gasteiger partial charge < -0.3 is 20.3 Å². The number of aliphatic imine (C=N–C) groups is 1. The Bertz CT molecular complexity index is 339. The van der Waals surface area contributed by atoms with Gasteiger partial charge in [-0.15, -0.1) is 0 Å². The summed E-state index contributed by atoms with van der Waals surface area (Å²) >= 11 is 1.92. The third kappa shape index (κ3) is 7.31. The highest BCUT2D eigenvalue weighted by Crippen LogP contribution is 2.17. The molecule has 2 N–H and O–H groups in total. The summed E-state index contributed by atoms with van der Waals surface area (Å²) < 4.78 is 5.48. The SMILES string of the molecule is CN=C(NCCCCSC)NC1CCN(CC2CCOC2)CC1. The molecule has 2 saturated heterocycles. The average Bonchev–Trinajstić information content (AvgIpc) is 3.08. The van der Waals surface area contributed by atoms with E-state index in [-0.39, 0.29) is 0 Å². The number of piperidine rings is 1. The third-order valence-electron chi connectivity index (χ3n) is 4.76. The molecule has 2 rings (SSSR count). The summed E-state index contributed by atoms with van der Waals surface area (Å²) in [5, 5.41) is 7.04. The molecule has 0 aromatic carbocycles. The van der Waals surface area contributed by atoms with E-state index in [0.29, 0.717) is 6.04 Å². The molecule has 6 heteroatoms. The van der Waals surface area contributed by atoms with Crippen LogP contribution in [-0.4, -0.2) is 75.4 Å². The predicted molar refractivity (Wildman–Crippen MR) is 101 cm³/mol. The van der Waals surface area contributed by atoms with Gasteiger partial charge in [0.25, 0.3) is 0 Å². The molecular weight excluding hydrogens is 308 g/mol. The summed E-state index contributed by atoms with van der Waals surface area (Å²) in [7, 11) is 1.87. The van der Waals surface area contributed by atoms with Gasteiger partial charge in [-0.25, -0.2) is 0 Å². The number of nitrogens with one attached hydrogen (secondary N) is 2. The van der Waals surface area contributed by atoms with Crippen molar-refractivity contribution < 1.29 is 4.74 Å². The molecule has 2 heterocycles. The molecule has 0 spiro atoms. The molecule has 0 aliphatic carbocycles. The molecule has 0 aromatic heterocycles. The largest absolute Gasteiger partial charge is 0.381 e. The van der Waals surface area contributed by atoms with E-state index in [1.54, 1.807) is 0 Å². The minimum Gasteiger partial charge on any atom is -0.381 e. The fourth-order valence-corrected chi connectivity index (χ4v) is 3.81. The molecule has 0 amide bonds. The van der Waals surface area contributed by atoms with Crippen molar-refractivity contribution in [3.05, 3.63) is 0 Å². The van der Waals surface area contributed by atoms with Crippen LogP contribution in [-0.2, 0) is 4.74 Å². The van der Waals surface area contributed by atoms with Gasteiger partial charge in [0.15, 0.2) is 5.96 Å². The summed E-state index contributed by atoms with van der Waals surface area (Å²) in [5.74, 6) is 2.98. The topological polar surface area (TPSA) is 48.9 Å². The minimum absolute atomic E-state index is 0.559. The van der Waals surface area contributed by atoms with Crippen LogP contribution in [0.2, 0.25) is 0 Å². The van der Waals surface area contributed by atoms with Gasteiger partial charge in [-0.3, -0.25) is 4.99 Å². The summed E-state index contributed by atoms with van der Waals surface area (Å²) in [6.45, 7) is 6.54. The highest BCUT2D eigenvalue weighted by molar-refractivity contribution is 7.98. The van der Waals surface area contributed by atoms with E-state index < -0.39 is 0 Å². The Hall–Kier alpha value is -0.460. The first-order valence-electron chi connectivity index (χ1n) is 9.08. The van der Waals surface area contributed by atoms with Crippen LogP contribution < -0.4 is 10.6 Å². The van der Waals surface area contributed by atoms with Crippen LogP contribution in [0, 0.1) is 5.92 Å². The molecule has 1 unspecified atom stereocenters. The second-order valence-electron chi connectivity index (χ2n) is 6.65. The van der Waals surface area contributed by atoms with E-state index in [4.69, 9.17) is 4.74 Å².